The molecule has 4 heterocycles. The molecule has 1 aromatic heterocycles. The summed E-state index contributed by atoms with van der Waals surface area (Å²) in [6.07, 6.45) is 5.54. The summed E-state index contributed by atoms with van der Waals surface area (Å²) in [7, 11) is 0. The maximum Gasteiger partial charge on any atom is 0.261 e. The average molecular weight is 392 g/mol. The topological polar surface area (TPSA) is 53.6 Å². The fourth-order valence-corrected chi connectivity index (χ4v) is 6.04. The summed E-state index contributed by atoms with van der Waals surface area (Å²) < 4.78 is 6.40. The number of amides is 1. The van der Waals surface area contributed by atoms with Crippen molar-refractivity contribution in [1.29, 1.82) is 0 Å². The van der Waals surface area contributed by atoms with Gasteiger partial charge in [-0.15, -0.1) is 11.3 Å². The number of thiophene rings is 1. The van der Waals surface area contributed by atoms with Crippen molar-refractivity contribution in [2.75, 3.05) is 32.8 Å². The van der Waals surface area contributed by atoms with Crippen LogP contribution in [0.5, 0.6) is 0 Å². The van der Waals surface area contributed by atoms with E-state index in [1.165, 1.54) is 23.3 Å². The lowest BCUT2D eigenvalue weighted by Gasteiger charge is -2.46. The molecule has 0 bridgehead atoms. The highest BCUT2D eigenvalue weighted by molar-refractivity contribution is 7.14. The van der Waals surface area contributed by atoms with Crippen molar-refractivity contribution in [2.45, 2.75) is 70.1 Å². The lowest BCUT2D eigenvalue weighted by molar-refractivity contribution is -0.101. The Morgan fingerprint density at radius 1 is 1.30 bits per heavy atom. The molecule has 3 aliphatic rings. The number of rotatable bonds is 2. The number of nitrogens with one attached hydrogen (secondary N) is 2. The zero-order valence-electron chi connectivity index (χ0n) is 16.9. The highest BCUT2D eigenvalue weighted by Gasteiger charge is 2.43. The molecule has 1 aromatic rings. The zero-order valence-corrected chi connectivity index (χ0v) is 17.7. The normalized spacial score (nSPS) is 24.0. The molecule has 0 saturated carbocycles. The Balaban J connectivity index is 1.49. The molecule has 1 amide bonds. The van der Waals surface area contributed by atoms with E-state index < -0.39 is 0 Å². The maximum atomic E-state index is 12.7. The Morgan fingerprint density at radius 2 is 2.00 bits per heavy atom. The standard InChI is InChI=1S/C21H33N3O2S/c1-20(2,3)23-19(25)17-14-15-6-13-26-21(18(15)27-17)7-11-24(12-8-21)16-4-9-22-10-5-16/h14,16,22H,4-13H2,1-3H3,(H,23,25). The molecule has 3 aliphatic heterocycles. The Morgan fingerprint density at radius 3 is 2.67 bits per heavy atom. The van der Waals surface area contributed by atoms with E-state index in [-0.39, 0.29) is 17.0 Å². The van der Waals surface area contributed by atoms with Gasteiger partial charge in [0.1, 0.15) is 5.60 Å². The smallest absolute Gasteiger partial charge is 0.261 e. The SMILES string of the molecule is CC(C)(C)NC(=O)c1cc2c(s1)C1(CCN(C3CCNCC3)CC1)OCC2. The van der Waals surface area contributed by atoms with Crippen LogP contribution in [-0.2, 0) is 16.8 Å². The van der Waals surface area contributed by atoms with Crippen molar-refractivity contribution < 1.29 is 9.53 Å². The number of nitrogens with zero attached hydrogens (tertiary/aromatic N) is 1. The molecule has 6 heteroatoms. The first kappa shape index (κ1) is 19.4. The Bertz CT molecular complexity index is 680. The summed E-state index contributed by atoms with van der Waals surface area (Å²) in [5.74, 6) is 0.0455. The predicted molar refractivity (Wildman–Crippen MR) is 110 cm³/mol. The fraction of sp³-hybridized carbons (Fsp3) is 0.762. The maximum absolute atomic E-state index is 12.7. The van der Waals surface area contributed by atoms with Crippen molar-refractivity contribution in [2.24, 2.45) is 0 Å². The van der Waals surface area contributed by atoms with Gasteiger partial charge in [0.2, 0.25) is 0 Å². The van der Waals surface area contributed by atoms with Crippen molar-refractivity contribution in [1.82, 2.24) is 15.5 Å². The van der Waals surface area contributed by atoms with E-state index in [0.29, 0.717) is 0 Å². The fourth-order valence-electron chi connectivity index (χ4n) is 4.73. The monoisotopic (exact) mass is 391 g/mol. The van der Waals surface area contributed by atoms with Crippen molar-refractivity contribution >= 4 is 17.2 Å². The molecule has 5 nitrogen and oxygen atoms in total. The Kier molecular flexibility index (Phi) is 5.36. The number of carbonyl (C=O) groups is 1. The number of likely N-dealkylation sites (tertiary alicyclic amines) is 1. The van der Waals surface area contributed by atoms with Crippen LogP contribution in [0, 0.1) is 0 Å². The minimum absolute atomic E-state index is 0.0455. The van der Waals surface area contributed by atoms with Gasteiger partial charge in [-0.05, 0) is 77.6 Å². The van der Waals surface area contributed by atoms with Gasteiger partial charge in [-0.3, -0.25) is 4.79 Å². The number of fused-ring (bicyclic) bond motifs is 2. The van der Waals surface area contributed by atoms with Crippen LogP contribution in [0.1, 0.15) is 66.6 Å². The van der Waals surface area contributed by atoms with Gasteiger partial charge in [-0.25, -0.2) is 0 Å². The van der Waals surface area contributed by atoms with Crippen LogP contribution in [0.25, 0.3) is 0 Å². The van der Waals surface area contributed by atoms with Gasteiger partial charge < -0.3 is 20.3 Å². The van der Waals surface area contributed by atoms with Gasteiger partial charge in [0.15, 0.2) is 0 Å². The highest BCUT2D eigenvalue weighted by atomic mass is 32.1. The van der Waals surface area contributed by atoms with Crippen molar-refractivity contribution in [3.8, 4) is 0 Å². The van der Waals surface area contributed by atoms with E-state index >= 15 is 0 Å². The number of carbonyl (C=O) groups excluding carboxylic acids is 1. The second-order valence-electron chi connectivity index (χ2n) is 9.28. The van der Waals surface area contributed by atoms with E-state index in [1.54, 1.807) is 11.3 Å². The van der Waals surface area contributed by atoms with E-state index in [9.17, 15) is 4.79 Å². The van der Waals surface area contributed by atoms with Gasteiger partial charge in [0.25, 0.3) is 5.91 Å². The molecule has 27 heavy (non-hydrogen) atoms. The molecule has 2 saturated heterocycles. The van der Waals surface area contributed by atoms with Crippen LogP contribution >= 0.6 is 11.3 Å². The average Bonchev–Trinajstić information content (AvgIpc) is 3.08. The summed E-state index contributed by atoms with van der Waals surface area (Å²) in [6, 6.07) is 2.84. The van der Waals surface area contributed by atoms with Crippen LogP contribution < -0.4 is 10.6 Å². The Hall–Kier alpha value is -0.950. The molecule has 0 unspecified atom stereocenters. The number of hydrogen-bond acceptors (Lipinski definition) is 5. The van der Waals surface area contributed by atoms with Crippen LogP contribution in [0.4, 0.5) is 0 Å². The summed E-state index contributed by atoms with van der Waals surface area (Å²) >= 11 is 1.66. The molecule has 0 atom stereocenters. The first-order valence-electron chi connectivity index (χ1n) is 10.4. The summed E-state index contributed by atoms with van der Waals surface area (Å²) in [4.78, 5) is 17.5. The van der Waals surface area contributed by atoms with E-state index in [2.05, 4.69) is 21.6 Å². The number of ether oxygens (including phenoxy) is 1. The first-order valence-corrected chi connectivity index (χ1v) is 11.2. The molecule has 0 aromatic carbocycles. The third-order valence-electron chi connectivity index (χ3n) is 6.12. The predicted octanol–water partition coefficient (Wildman–Crippen LogP) is 2.89. The third-order valence-corrected chi connectivity index (χ3v) is 7.48. The van der Waals surface area contributed by atoms with Crippen molar-refractivity contribution in [3.05, 3.63) is 21.4 Å². The largest absolute Gasteiger partial charge is 0.369 e. The molecule has 2 N–H and O–H groups in total. The van der Waals surface area contributed by atoms with E-state index in [4.69, 9.17) is 4.74 Å². The zero-order chi connectivity index (χ0) is 19.1. The quantitative estimate of drug-likeness (QED) is 0.814. The molecule has 1 spiro atoms. The van der Waals surface area contributed by atoms with Gasteiger partial charge in [0.05, 0.1) is 11.5 Å². The summed E-state index contributed by atoms with van der Waals surface area (Å²) in [5.41, 5.74) is 0.957. The molecular weight excluding hydrogens is 358 g/mol. The number of piperidine rings is 2. The van der Waals surface area contributed by atoms with E-state index in [0.717, 1.165) is 63.0 Å². The van der Waals surface area contributed by atoms with E-state index in [1.807, 2.05) is 20.8 Å². The van der Waals surface area contributed by atoms with Crippen LogP contribution in [0.15, 0.2) is 6.07 Å². The van der Waals surface area contributed by atoms with Crippen molar-refractivity contribution in [3.63, 3.8) is 0 Å². The second-order valence-corrected chi connectivity index (χ2v) is 10.3. The van der Waals surface area contributed by atoms with Crippen LogP contribution in [-0.4, -0.2) is 55.2 Å². The molecular formula is C21H33N3O2S. The molecule has 4 rings (SSSR count). The van der Waals surface area contributed by atoms with Gasteiger partial charge in [-0.1, -0.05) is 0 Å². The van der Waals surface area contributed by atoms with Gasteiger partial charge in [0, 0.05) is 29.5 Å². The Labute approximate surface area is 166 Å². The highest BCUT2D eigenvalue weighted by Crippen LogP contribution is 2.46. The summed E-state index contributed by atoms with van der Waals surface area (Å²) in [5, 5.41) is 6.57. The molecule has 0 radical (unpaired) electrons. The third kappa shape index (κ3) is 4.09. The van der Waals surface area contributed by atoms with Gasteiger partial charge >= 0.3 is 0 Å². The number of hydrogen-bond donors (Lipinski definition) is 2. The summed E-state index contributed by atoms with van der Waals surface area (Å²) in [6.45, 7) is 11.3. The van der Waals surface area contributed by atoms with Crippen LogP contribution in [0.3, 0.4) is 0 Å². The molecule has 2 fully saturated rings. The lowest BCUT2D eigenvalue weighted by Crippen LogP contribution is -2.51. The second kappa shape index (κ2) is 7.47. The van der Waals surface area contributed by atoms with Crippen LogP contribution in [0.2, 0.25) is 0 Å². The molecule has 0 aliphatic carbocycles. The minimum atomic E-state index is -0.212. The minimum Gasteiger partial charge on any atom is -0.369 e. The first-order chi connectivity index (χ1) is 12.9. The van der Waals surface area contributed by atoms with Gasteiger partial charge in [-0.2, -0.15) is 0 Å². The molecule has 150 valence electrons. The lowest BCUT2D eigenvalue weighted by atomic mass is 9.84.